The van der Waals surface area contributed by atoms with Crippen LogP contribution in [-0.2, 0) is 0 Å². The van der Waals surface area contributed by atoms with Crippen molar-refractivity contribution in [1.82, 2.24) is 9.97 Å². The minimum atomic E-state index is -1.31. The van der Waals surface area contributed by atoms with Crippen LogP contribution in [0, 0.1) is 0 Å². The summed E-state index contributed by atoms with van der Waals surface area (Å²) in [7, 11) is 0. The fourth-order valence-corrected chi connectivity index (χ4v) is 1.33. The van der Waals surface area contributed by atoms with Gasteiger partial charge in [-0.1, -0.05) is 0 Å². The van der Waals surface area contributed by atoms with Gasteiger partial charge in [-0.05, 0) is 24.3 Å². The topological polar surface area (TPSA) is 106 Å². The molecule has 0 aliphatic heterocycles. The molecule has 0 saturated heterocycles. The van der Waals surface area contributed by atoms with Gasteiger partial charge in [0.25, 0.3) is 0 Å². The SMILES string of the molecule is O=C([O-])c1ccc(-c2ccc(C(=O)[O-])cn2)nc1.[Na+].[Na+]. The largest absolute Gasteiger partial charge is 1.00 e. The smallest absolute Gasteiger partial charge is 0.545 e. The maximum absolute atomic E-state index is 10.5. The number of rotatable bonds is 3. The van der Waals surface area contributed by atoms with E-state index in [9.17, 15) is 19.8 Å². The molecule has 0 aliphatic carbocycles. The summed E-state index contributed by atoms with van der Waals surface area (Å²) < 4.78 is 0. The zero-order valence-electron chi connectivity index (χ0n) is 11.0. The maximum Gasteiger partial charge on any atom is 1.00 e. The van der Waals surface area contributed by atoms with Crippen molar-refractivity contribution in [3.63, 3.8) is 0 Å². The van der Waals surface area contributed by atoms with Gasteiger partial charge in [-0.2, -0.15) is 0 Å². The number of hydrogen-bond acceptors (Lipinski definition) is 6. The van der Waals surface area contributed by atoms with Crippen molar-refractivity contribution >= 4 is 11.9 Å². The first-order valence-electron chi connectivity index (χ1n) is 4.93. The van der Waals surface area contributed by atoms with Crippen LogP contribution in [0.25, 0.3) is 11.4 Å². The number of pyridine rings is 2. The van der Waals surface area contributed by atoms with Crippen LogP contribution in [0.5, 0.6) is 0 Å². The van der Waals surface area contributed by atoms with E-state index < -0.39 is 11.9 Å². The Balaban J connectivity index is 0.00000180. The summed E-state index contributed by atoms with van der Waals surface area (Å²) in [6.45, 7) is 0. The van der Waals surface area contributed by atoms with Gasteiger partial charge < -0.3 is 19.8 Å². The van der Waals surface area contributed by atoms with Gasteiger partial charge >= 0.3 is 59.1 Å². The minimum Gasteiger partial charge on any atom is -0.545 e. The Morgan fingerprint density at radius 2 is 1.10 bits per heavy atom. The Hall–Kier alpha value is -0.760. The van der Waals surface area contributed by atoms with Crippen LogP contribution in [0.1, 0.15) is 20.7 Å². The number of carbonyl (C=O) groups is 2. The average Bonchev–Trinajstić information content (AvgIpc) is 2.39. The number of aromatic carboxylic acids is 2. The van der Waals surface area contributed by atoms with Gasteiger partial charge in [0.05, 0.1) is 23.3 Å². The Morgan fingerprint density at radius 3 is 1.30 bits per heavy atom. The molecule has 0 aromatic carbocycles. The van der Waals surface area contributed by atoms with E-state index in [4.69, 9.17) is 0 Å². The molecule has 0 aliphatic rings. The normalized spacial score (nSPS) is 9.00. The quantitative estimate of drug-likeness (QED) is 0.520. The van der Waals surface area contributed by atoms with Crippen molar-refractivity contribution in [3.8, 4) is 11.4 Å². The van der Waals surface area contributed by atoms with Crippen molar-refractivity contribution in [2.45, 2.75) is 0 Å². The first kappa shape index (κ1) is 19.2. The first-order valence-corrected chi connectivity index (χ1v) is 4.93. The molecule has 0 radical (unpaired) electrons. The van der Waals surface area contributed by atoms with Crippen LogP contribution in [-0.4, -0.2) is 21.9 Å². The summed E-state index contributed by atoms with van der Waals surface area (Å²) in [5, 5.41) is 21.1. The first-order chi connectivity index (χ1) is 8.58. The molecule has 0 fully saturated rings. The summed E-state index contributed by atoms with van der Waals surface area (Å²) in [4.78, 5) is 28.9. The van der Waals surface area contributed by atoms with Crippen molar-refractivity contribution in [2.24, 2.45) is 0 Å². The fourth-order valence-electron chi connectivity index (χ4n) is 1.33. The molecule has 0 saturated carbocycles. The molecule has 0 N–H and O–H groups in total. The Labute approximate surface area is 158 Å². The number of carbonyl (C=O) groups excluding carboxylic acids is 2. The van der Waals surface area contributed by atoms with Gasteiger partial charge in [-0.25, -0.2) is 0 Å². The third-order valence-electron chi connectivity index (χ3n) is 2.26. The molecule has 0 bridgehead atoms. The van der Waals surface area contributed by atoms with Crippen LogP contribution in [0.4, 0.5) is 0 Å². The van der Waals surface area contributed by atoms with E-state index in [1.54, 1.807) is 0 Å². The van der Waals surface area contributed by atoms with Gasteiger partial charge in [-0.3, -0.25) is 9.97 Å². The van der Waals surface area contributed by atoms with E-state index in [2.05, 4.69) is 9.97 Å². The molecule has 2 heterocycles. The summed E-state index contributed by atoms with van der Waals surface area (Å²) >= 11 is 0. The number of carboxylic acids is 2. The number of carboxylic acid groups (broad SMARTS) is 2. The van der Waals surface area contributed by atoms with E-state index in [1.807, 2.05) is 0 Å². The molecule has 90 valence electrons. The molecule has 8 heteroatoms. The van der Waals surface area contributed by atoms with E-state index in [0.29, 0.717) is 11.4 Å². The van der Waals surface area contributed by atoms with Crippen molar-refractivity contribution in [3.05, 3.63) is 47.8 Å². The molecule has 0 unspecified atom stereocenters. The van der Waals surface area contributed by atoms with E-state index in [-0.39, 0.29) is 70.2 Å². The summed E-state index contributed by atoms with van der Waals surface area (Å²) in [5.74, 6) is -2.62. The second-order valence-corrected chi connectivity index (χ2v) is 3.44. The van der Waals surface area contributed by atoms with Gasteiger partial charge in [0.2, 0.25) is 0 Å². The van der Waals surface area contributed by atoms with Gasteiger partial charge in [0.15, 0.2) is 0 Å². The predicted molar refractivity (Wildman–Crippen MR) is 56.1 cm³/mol. The van der Waals surface area contributed by atoms with Gasteiger partial charge in [-0.15, -0.1) is 0 Å². The molecule has 0 spiro atoms. The van der Waals surface area contributed by atoms with Gasteiger partial charge in [0, 0.05) is 23.5 Å². The van der Waals surface area contributed by atoms with Gasteiger partial charge in [0.1, 0.15) is 0 Å². The molecular formula is C12H6N2Na2O4. The van der Waals surface area contributed by atoms with Crippen molar-refractivity contribution in [1.29, 1.82) is 0 Å². The molecular weight excluding hydrogens is 282 g/mol. The van der Waals surface area contributed by atoms with Crippen LogP contribution >= 0.6 is 0 Å². The molecule has 2 rings (SSSR count). The molecule has 20 heavy (non-hydrogen) atoms. The summed E-state index contributed by atoms with van der Waals surface area (Å²) in [5.41, 5.74) is 0.796. The molecule has 0 amide bonds. The molecule has 2 aromatic rings. The Kier molecular flexibility index (Phi) is 8.19. The Morgan fingerprint density at radius 1 is 0.750 bits per heavy atom. The number of hydrogen-bond donors (Lipinski definition) is 0. The van der Waals surface area contributed by atoms with Crippen molar-refractivity contribution in [2.75, 3.05) is 0 Å². The van der Waals surface area contributed by atoms with Crippen LogP contribution < -0.4 is 69.3 Å². The van der Waals surface area contributed by atoms with Crippen LogP contribution in [0.15, 0.2) is 36.7 Å². The molecule has 6 nitrogen and oxygen atoms in total. The summed E-state index contributed by atoms with van der Waals surface area (Å²) in [6, 6.07) is 5.61. The monoisotopic (exact) mass is 288 g/mol. The third kappa shape index (κ3) is 4.66. The molecule has 2 aromatic heterocycles. The zero-order valence-corrected chi connectivity index (χ0v) is 15.0. The maximum atomic E-state index is 10.5. The van der Waals surface area contributed by atoms with E-state index in [1.165, 1.54) is 24.3 Å². The van der Waals surface area contributed by atoms with Crippen LogP contribution in [0.3, 0.4) is 0 Å². The predicted octanol–water partition coefficient (Wildman–Crippen LogP) is -7.12. The zero-order chi connectivity index (χ0) is 13.1. The summed E-state index contributed by atoms with van der Waals surface area (Å²) in [6.07, 6.45) is 2.30. The standard InChI is InChI=1S/C12H8N2O4.2Na/c15-11(16)7-1-3-9(13-5-7)10-4-2-8(6-14-10)12(17)18;;/h1-6H,(H,15,16)(H,17,18);;/q;2*+1/p-2. The second kappa shape index (κ2) is 8.51. The van der Waals surface area contributed by atoms with Crippen LogP contribution in [0.2, 0.25) is 0 Å². The third-order valence-corrected chi connectivity index (χ3v) is 2.26. The minimum absolute atomic E-state index is 0. The number of aromatic nitrogens is 2. The molecule has 0 atom stereocenters. The fraction of sp³-hybridized carbons (Fsp3) is 0. The average molecular weight is 288 g/mol. The van der Waals surface area contributed by atoms with Crippen molar-refractivity contribution < 1.29 is 78.9 Å². The second-order valence-electron chi connectivity index (χ2n) is 3.44. The Bertz CT molecular complexity index is 544. The van der Waals surface area contributed by atoms with E-state index in [0.717, 1.165) is 12.4 Å². The van der Waals surface area contributed by atoms with E-state index >= 15 is 0 Å². The number of nitrogens with zero attached hydrogens (tertiary/aromatic N) is 2.